The van der Waals surface area contributed by atoms with Crippen LogP contribution in [0.5, 0.6) is 0 Å². The normalized spacial score (nSPS) is 11.4. The van der Waals surface area contributed by atoms with Gasteiger partial charge >= 0.3 is 17.1 Å². The first-order valence-corrected chi connectivity index (χ1v) is 15.3. The van der Waals surface area contributed by atoms with Crippen LogP contribution in [0.1, 0.15) is 13.8 Å². The summed E-state index contributed by atoms with van der Waals surface area (Å²) in [7, 11) is -2.54. The van der Waals surface area contributed by atoms with Crippen molar-refractivity contribution in [3.05, 3.63) is 48.5 Å². The summed E-state index contributed by atoms with van der Waals surface area (Å²) in [5, 5.41) is 2.99. The Kier molecular flexibility index (Phi) is 11.8. The molecule has 0 bridgehead atoms. The van der Waals surface area contributed by atoms with Gasteiger partial charge in [-0.15, -0.1) is 0 Å². The molecule has 0 unspecified atom stereocenters. The zero-order valence-electron chi connectivity index (χ0n) is 16.6. The number of hydrogen-bond acceptors (Lipinski definition) is 2. The molecule has 0 heterocycles. The fraction of sp³-hybridized carbons (Fsp3) is 0.500. The van der Waals surface area contributed by atoms with Gasteiger partial charge in [0, 0.05) is 41.8 Å². The van der Waals surface area contributed by atoms with E-state index in [1.807, 2.05) is 0 Å². The van der Waals surface area contributed by atoms with Crippen molar-refractivity contribution < 1.29 is 26.5 Å². The third-order valence-corrected chi connectivity index (χ3v) is 9.87. The van der Waals surface area contributed by atoms with Gasteiger partial charge in [0.25, 0.3) is 0 Å². The maximum atomic E-state index is 5.48. The molecular formula is C20H34FeO2Si2. The first kappa shape index (κ1) is 24.6. The van der Waals surface area contributed by atoms with Gasteiger partial charge in [-0.3, -0.25) is 0 Å². The van der Waals surface area contributed by atoms with E-state index in [0.29, 0.717) is 0 Å². The average Bonchev–Trinajstić information content (AvgIpc) is 3.24. The van der Waals surface area contributed by atoms with E-state index < -0.39 is 16.1 Å². The van der Waals surface area contributed by atoms with E-state index in [-0.39, 0.29) is 17.1 Å². The second kappa shape index (κ2) is 12.0. The SMILES string of the molecule is CCOC[Si](C)(C)[c-]1cccc1.CCOC[Si](C)(C)[c-]1cccc1.[Fe+2]. The quantitative estimate of drug-likeness (QED) is 0.480. The van der Waals surface area contributed by atoms with Gasteiger partial charge in [-0.1, -0.05) is 26.2 Å². The Labute approximate surface area is 167 Å². The van der Waals surface area contributed by atoms with Crippen LogP contribution in [-0.4, -0.2) is 41.8 Å². The van der Waals surface area contributed by atoms with Crippen LogP contribution in [0, 0.1) is 0 Å². The Morgan fingerprint density at radius 1 is 0.640 bits per heavy atom. The molecule has 0 spiro atoms. The van der Waals surface area contributed by atoms with Crippen LogP contribution < -0.4 is 10.4 Å². The second-order valence-electron chi connectivity index (χ2n) is 7.39. The van der Waals surface area contributed by atoms with Crippen LogP contribution >= 0.6 is 0 Å². The molecule has 2 rings (SSSR count). The molecule has 0 aliphatic heterocycles. The van der Waals surface area contributed by atoms with Crippen LogP contribution in [0.25, 0.3) is 0 Å². The van der Waals surface area contributed by atoms with E-state index in [9.17, 15) is 0 Å². The number of hydrogen-bond donors (Lipinski definition) is 0. The van der Waals surface area contributed by atoms with E-state index in [2.05, 4.69) is 88.6 Å². The van der Waals surface area contributed by atoms with E-state index in [1.165, 1.54) is 10.4 Å². The van der Waals surface area contributed by atoms with Gasteiger partial charge < -0.3 is 9.47 Å². The van der Waals surface area contributed by atoms with Crippen molar-refractivity contribution >= 4 is 26.5 Å². The minimum Gasteiger partial charge on any atom is -0.386 e. The van der Waals surface area contributed by atoms with E-state index >= 15 is 0 Å². The number of rotatable bonds is 8. The third kappa shape index (κ3) is 8.67. The number of ether oxygens (including phenoxy) is 2. The molecule has 0 saturated carbocycles. The molecule has 0 radical (unpaired) electrons. The van der Waals surface area contributed by atoms with Crippen molar-refractivity contribution in [2.75, 3.05) is 25.7 Å². The van der Waals surface area contributed by atoms with Crippen LogP contribution in [-0.2, 0) is 26.5 Å². The maximum absolute atomic E-state index is 5.48. The van der Waals surface area contributed by atoms with Gasteiger partial charge in [-0.05, 0) is 13.8 Å². The van der Waals surface area contributed by atoms with Gasteiger partial charge in [0.05, 0.1) is 0 Å². The summed E-state index contributed by atoms with van der Waals surface area (Å²) in [4.78, 5) is 0. The maximum Gasteiger partial charge on any atom is 2.00 e. The summed E-state index contributed by atoms with van der Waals surface area (Å²) in [6.45, 7) is 15.1. The Morgan fingerprint density at radius 2 is 0.920 bits per heavy atom. The van der Waals surface area contributed by atoms with Crippen molar-refractivity contribution in [1.29, 1.82) is 0 Å². The van der Waals surface area contributed by atoms with Gasteiger partial charge in [0.2, 0.25) is 0 Å². The molecule has 25 heavy (non-hydrogen) atoms. The monoisotopic (exact) mass is 418 g/mol. The van der Waals surface area contributed by atoms with Crippen LogP contribution in [0.15, 0.2) is 48.5 Å². The van der Waals surface area contributed by atoms with Crippen LogP contribution in [0.4, 0.5) is 0 Å². The molecule has 2 aromatic rings. The van der Waals surface area contributed by atoms with Gasteiger partial charge in [0.1, 0.15) is 0 Å². The molecule has 142 valence electrons. The van der Waals surface area contributed by atoms with Crippen LogP contribution in [0.3, 0.4) is 0 Å². The van der Waals surface area contributed by atoms with Gasteiger partial charge in [0.15, 0.2) is 0 Å². The van der Waals surface area contributed by atoms with Crippen molar-refractivity contribution in [2.24, 2.45) is 0 Å². The Bertz CT molecular complexity index is 484. The molecule has 0 aliphatic carbocycles. The first-order chi connectivity index (χ1) is 11.3. The minimum atomic E-state index is -1.27. The van der Waals surface area contributed by atoms with E-state index in [0.717, 1.165) is 25.7 Å². The Morgan fingerprint density at radius 3 is 1.16 bits per heavy atom. The molecule has 0 amide bonds. The molecule has 0 fully saturated rings. The van der Waals surface area contributed by atoms with Crippen LogP contribution in [0.2, 0.25) is 26.2 Å². The van der Waals surface area contributed by atoms with Crippen molar-refractivity contribution in [1.82, 2.24) is 0 Å². The molecular weight excluding hydrogens is 384 g/mol. The van der Waals surface area contributed by atoms with Crippen molar-refractivity contribution in [3.63, 3.8) is 0 Å². The molecule has 0 aromatic heterocycles. The van der Waals surface area contributed by atoms with Gasteiger partial charge in [-0.2, -0.15) is 34.6 Å². The topological polar surface area (TPSA) is 18.5 Å². The summed E-state index contributed by atoms with van der Waals surface area (Å²) in [6, 6.07) is 17.3. The summed E-state index contributed by atoms with van der Waals surface area (Å²) >= 11 is 0. The Balaban J connectivity index is 0.000000443. The smallest absolute Gasteiger partial charge is 0.386 e. The van der Waals surface area contributed by atoms with E-state index in [4.69, 9.17) is 9.47 Å². The summed E-state index contributed by atoms with van der Waals surface area (Å²) < 4.78 is 11.0. The molecule has 2 nitrogen and oxygen atoms in total. The van der Waals surface area contributed by atoms with E-state index in [1.54, 1.807) is 0 Å². The summed E-state index contributed by atoms with van der Waals surface area (Å²) in [5.74, 6) is 0. The predicted octanol–water partition coefficient (Wildman–Crippen LogP) is 3.79. The minimum absolute atomic E-state index is 0. The average molecular weight is 419 g/mol. The standard InChI is InChI=1S/2C10H17OSi.Fe/c2*1-4-11-9-12(2,3)10-7-5-6-8-10;/h2*5-8H,4,9H2,1-3H3;/q2*-1;+2. The summed E-state index contributed by atoms with van der Waals surface area (Å²) in [6.07, 6.45) is 1.88. The fourth-order valence-electron chi connectivity index (χ4n) is 2.53. The second-order valence-corrected chi connectivity index (χ2v) is 16.7. The molecule has 2 aromatic carbocycles. The molecule has 0 N–H and O–H groups in total. The zero-order valence-corrected chi connectivity index (χ0v) is 19.7. The fourth-order valence-corrected chi connectivity index (χ4v) is 6.48. The largest absolute Gasteiger partial charge is 2.00 e. The van der Waals surface area contributed by atoms with Crippen molar-refractivity contribution in [2.45, 2.75) is 40.0 Å². The third-order valence-electron chi connectivity index (χ3n) is 4.22. The Hall–Kier alpha value is -0.427. The zero-order chi connectivity index (χ0) is 18.1. The molecule has 5 heteroatoms. The molecule has 0 saturated heterocycles. The van der Waals surface area contributed by atoms with Gasteiger partial charge in [-0.25, -0.2) is 24.3 Å². The first-order valence-electron chi connectivity index (χ1n) is 8.93. The van der Waals surface area contributed by atoms with Crippen molar-refractivity contribution in [3.8, 4) is 0 Å². The predicted molar refractivity (Wildman–Crippen MR) is 111 cm³/mol. The summed E-state index contributed by atoms with van der Waals surface area (Å²) in [5.41, 5.74) is 0. The molecule has 0 atom stereocenters. The molecule has 0 aliphatic rings.